The number of fused-ring (bicyclic) bond motifs is 4. The number of nitrogens with zero attached hydrogens (tertiary/aromatic N) is 3. The molecule has 6 rings (SSSR count). The number of piperazine rings is 1. The van der Waals surface area contributed by atoms with E-state index in [1.165, 1.54) is 11.1 Å². The summed E-state index contributed by atoms with van der Waals surface area (Å²) in [5.41, 5.74) is 4.80. The Morgan fingerprint density at radius 2 is 1.53 bits per heavy atom. The van der Waals surface area contributed by atoms with Crippen molar-refractivity contribution in [3.05, 3.63) is 94.5 Å². The lowest BCUT2D eigenvalue weighted by molar-refractivity contribution is -0.136. The van der Waals surface area contributed by atoms with Gasteiger partial charge in [0.2, 0.25) is 5.91 Å². The normalized spacial score (nSPS) is 20.8. The first-order chi connectivity index (χ1) is 18.6. The molecule has 0 N–H and O–H groups in total. The molecule has 7 nitrogen and oxygen atoms in total. The zero-order chi connectivity index (χ0) is 26.2. The van der Waals surface area contributed by atoms with Crippen molar-refractivity contribution in [2.45, 2.75) is 24.9 Å². The van der Waals surface area contributed by atoms with Crippen LogP contribution in [0.4, 0.5) is 0 Å². The molecule has 7 heteroatoms. The molecule has 196 valence electrons. The number of hydrogen-bond acceptors (Lipinski definition) is 5. The molecule has 0 bridgehead atoms. The van der Waals surface area contributed by atoms with E-state index >= 15 is 0 Å². The largest absolute Gasteiger partial charge is 0.493 e. The van der Waals surface area contributed by atoms with E-state index in [1.807, 2.05) is 34.1 Å². The molecule has 38 heavy (non-hydrogen) atoms. The quantitative estimate of drug-likeness (QED) is 0.520. The van der Waals surface area contributed by atoms with Gasteiger partial charge in [-0.2, -0.15) is 0 Å². The first-order valence-electron chi connectivity index (χ1n) is 13.3. The van der Waals surface area contributed by atoms with Crippen LogP contribution in [0.2, 0.25) is 0 Å². The van der Waals surface area contributed by atoms with Crippen LogP contribution < -0.4 is 9.47 Å². The molecule has 0 aliphatic carbocycles. The van der Waals surface area contributed by atoms with E-state index in [4.69, 9.17) is 9.47 Å². The standard InChI is InChI=1S/C31H33N3O4/c1-37-26-18-24-25(19-27(26)38-2)30(35)34-13-12-22-10-6-7-11-23(22)29(34)28(24)31(36)33-16-14-32(15-17-33)20-21-8-4-3-5-9-21/h3-11,18-19,28-29H,12-17,20H2,1-2H3/t28-,29-/m0/s1. The van der Waals surface area contributed by atoms with Gasteiger partial charge in [-0.1, -0.05) is 54.6 Å². The molecule has 0 aromatic heterocycles. The molecular formula is C31H33N3O4. The van der Waals surface area contributed by atoms with E-state index in [0.717, 1.165) is 37.2 Å². The third-order valence-corrected chi connectivity index (χ3v) is 8.23. The minimum atomic E-state index is -0.510. The van der Waals surface area contributed by atoms with Crippen molar-refractivity contribution in [3.63, 3.8) is 0 Å². The molecular weight excluding hydrogens is 478 g/mol. The molecule has 2 amide bonds. The molecule has 0 spiro atoms. The Bertz CT molecular complexity index is 1350. The third-order valence-electron chi connectivity index (χ3n) is 8.23. The second-order valence-corrected chi connectivity index (χ2v) is 10.3. The Labute approximate surface area is 223 Å². The number of ether oxygens (including phenoxy) is 2. The summed E-state index contributed by atoms with van der Waals surface area (Å²) in [5.74, 6) is 0.525. The van der Waals surface area contributed by atoms with Crippen LogP contribution in [0.1, 0.15) is 44.6 Å². The van der Waals surface area contributed by atoms with E-state index in [2.05, 4.69) is 41.3 Å². The van der Waals surface area contributed by atoms with Gasteiger partial charge in [0.25, 0.3) is 5.91 Å². The number of benzene rings is 3. The van der Waals surface area contributed by atoms with E-state index < -0.39 is 5.92 Å². The Morgan fingerprint density at radius 1 is 0.842 bits per heavy atom. The summed E-state index contributed by atoms with van der Waals surface area (Å²) < 4.78 is 11.1. The summed E-state index contributed by atoms with van der Waals surface area (Å²) in [5, 5.41) is 0. The second-order valence-electron chi connectivity index (χ2n) is 10.3. The van der Waals surface area contributed by atoms with Crippen molar-refractivity contribution < 1.29 is 19.1 Å². The van der Waals surface area contributed by atoms with Gasteiger partial charge in [0.05, 0.1) is 26.2 Å². The Hall–Kier alpha value is -3.84. The topological polar surface area (TPSA) is 62.3 Å². The highest BCUT2D eigenvalue weighted by molar-refractivity contribution is 6.02. The van der Waals surface area contributed by atoms with Crippen molar-refractivity contribution in [2.24, 2.45) is 0 Å². The first kappa shape index (κ1) is 24.5. The zero-order valence-corrected chi connectivity index (χ0v) is 21.9. The van der Waals surface area contributed by atoms with Gasteiger partial charge in [-0.25, -0.2) is 0 Å². The van der Waals surface area contributed by atoms with Gasteiger partial charge >= 0.3 is 0 Å². The van der Waals surface area contributed by atoms with Crippen LogP contribution in [-0.4, -0.2) is 73.5 Å². The summed E-state index contributed by atoms with van der Waals surface area (Å²) in [6.45, 7) is 4.42. The Morgan fingerprint density at radius 3 is 2.26 bits per heavy atom. The van der Waals surface area contributed by atoms with E-state index in [1.54, 1.807) is 20.3 Å². The molecule has 1 fully saturated rings. The van der Waals surface area contributed by atoms with Crippen molar-refractivity contribution in [1.29, 1.82) is 0 Å². The van der Waals surface area contributed by atoms with Gasteiger partial charge in [0, 0.05) is 44.8 Å². The summed E-state index contributed by atoms with van der Waals surface area (Å²) >= 11 is 0. The smallest absolute Gasteiger partial charge is 0.254 e. The number of methoxy groups -OCH3 is 2. The highest BCUT2D eigenvalue weighted by Gasteiger charge is 2.48. The van der Waals surface area contributed by atoms with E-state index in [-0.39, 0.29) is 17.9 Å². The van der Waals surface area contributed by atoms with Gasteiger partial charge in [-0.3, -0.25) is 14.5 Å². The fraction of sp³-hybridized carbons (Fsp3) is 0.355. The fourth-order valence-corrected chi connectivity index (χ4v) is 6.28. The van der Waals surface area contributed by atoms with Gasteiger partial charge in [0.1, 0.15) is 0 Å². The maximum atomic E-state index is 14.4. The number of carbonyl (C=O) groups is 2. The predicted molar refractivity (Wildman–Crippen MR) is 145 cm³/mol. The number of amides is 2. The molecule has 3 aliphatic rings. The Balaban J connectivity index is 1.35. The number of hydrogen-bond donors (Lipinski definition) is 0. The molecule has 0 unspecified atom stereocenters. The monoisotopic (exact) mass is 511 g/mol. The van der Waals surface area contributed by atoms with Gasteiger partial charge in [0.15, 0.2) is 11.5 Å². The van der Waals surface area contributed by atoms with Crippen LogP contribution in [0.5, 0.6) is 11.5 Å². The average Bonchev–Trinajstić information content (AvgIpc) is 2.97. The van der Waals surface area contributed by atoms with Crippen molar-refractivity contribution in [1.82, 2.24) is 14.7 Å². The molecule has 3 aliphatic heterocycles. The summed E-state index contributed by atoms with van der Waals surface area (Å²) in [6, 6.07) is 21.9. The zero-order valence-electron chi connectivity index (χ0n) is 21.9. The van der Waals surface area contributed by atoms with Crippen LogP contribution in [0.15, 0.2) is 66.7 Å². The van der Waals surface area contributed by atoms with Crippen LogP contribution in [0.25, 0.3) is 0 Å². The molecule has 2 atom stereocenters. The van der Waals surface area contributed by atoms with Crippen LogP contribution >= 0.6 is 0 Å². The minimum Gasteiger partial charge on any atom is -0.493 e. The molecule has 3 aromatic rings. The number of rotatable bonds is 5. The molecule has 3 heterocycles. The lowest BCUT2D eigenvalue weighted by atomic mass is 9.75. The van der Waals surface area contributed by atoms with Crippen molar-refractivity contribution in [3.8, 4) is 11.5 Å². The average molecular weight is 512 g/mol. The fourth-order valence-electron chi connectivity index (χ4n) is 6.28. The van der Waals surface area contributed by atoms with Crippen molar-refractivity contribution >= 4 is 11.8 Å². The minimum absolute atomic E-state index is 0.0582. The summed E-state index contributed by atoms with van der Waals surface area (Å²) in [7, 11) is 3.15. The number of carbonyl (C=O) groups excluding carboxylic acids is 2. The first-order valence-corrected chi connectivity index (χ1v) is 13.3. The van der Waals surface area contributed by atoms with Gasteiger partial charge in [-0.05, 0) is 40.8 Å². The lowest BCUT2D eigenvalue weighted by Crippen LogP contribution is -2.54. The summed E-state index contributed by atoms with van der Waals surface area (Å²) in [4.78, 5) is 34.5. The van der Waals surface area contributed by atoms with Crippen molar-refractivity contribution in [2.75, 3.05) is 46.9 Å². The highest BCUT2D eigenvalue weighted by Crippen LogP contribution is 2.49. The maximum Gasteiger partial charge on any atom is 0.254 e. The van der Waals surface area contributed by atoms with E-state index in [0.29, 0.717) is 36.7 Å². The van der Waals surface area contributed by atoms with Crippen LogP contribution in [0, 0.1) is 0 Å². The van der Waals surface area contributed by atoms with Gasteiger partial charge in [-0.15, -0.1) is 0 Å². The molecule has 0 radical (unpaired) electrons. The van der Waals surface area contributed by atoms with E-state index in [9.17, 15) is 9.59 Å². The molecule has 3 aromatic carbocycles. The summed E-state index contributed by atoms with van der Waals surface area (Å²) in [6.07, 6.45) is 0.778. The lowest BCUT2D eigenvalue weighted by Gasteiger charge is -2.47. The molecule has 0 saturated carbocycles. The SMILES string of the molecule is COc1cc2c(cc1OC)[C@H](C(=O)N1CCN(Cc3ccccc3)CC1)[C@@H]1c3ccccc3CCN1C2=O. The highest BCUT2D eigenvalue weighted by atomic mass is 16.5. The maximum absolute atomic E-state index is 14.4. The predicted octanol–water partition coefficient (Wildman–Crippen LogP) is 3.89. The van der Waals surface area contributed by atoms with Gasteiger partial charge < -0.3 is 19.3 Å². The second kappa shape index (κ2) is 10.1. The van der Waals surface area contributed by atoms with Crippen LogP contribution in [-0.2, 0) is 17.8 Å². The third kappa shape index (κ3) is 4.21. The van der Waals surface area contributed by atoms with Crippen LogP contribution in [0.3, 0.4) is 0 Å². The molecule has 1 saturated heterocycles. The Kier molecular flexibility index (Phi) is 6.54.